The van der Waals surface area contributed by atoms with Crippen molar-refractivity contribution in [2.45, 2.75) is 17.7 Å². The highest BCUT2D eigenvalue weighted by Gasteiger charge is 2.30. The van der Waals surface area contributed by atoms with Crippen molar-refractivity contribution in [2.24, 2.45) is 0 Å². The molecule has 0 bridgehead atoms. The van der Waals surface area contributed by atoms with Crippen LogP contribution in [0.4, 0.5) is 8.78 Å². The lowest BCUT2D eigenvalue weighted by molar-refractivity contribution is 0.0123. The quantitative estimate of drug-likeness (QED) is 0.700. The smallest absolute Gasteiger partial charge is 0.200 e. The summed E-state index contributed by atoms with van der Waals surface area (Å²) in [5, 5.41) is 4.20. The zero-order chi connectivity index (χ0) is 18.9. The maximum absolute atomic E-state index is 13.7. The second kappa shape index (κ2) is 6.69. The first-order valence-electron chi connectivity index (χ1n) is 7.49. The van der Waals surface area contributed by atoms with Crippen LogP contribution in [0, 0.1) is 0 Å². The molecule has 1 aromatic heterocycles. The number of aromatic nitrogens is 2. The first-order chi connectivity index (χ1) is 12.2. The minimum atomic E-state index is -4.00. The molecule has 0 saturated heterocycles. The summed E-state index contributed by atoms with van der Waals surface area (Å²) in [5.74, 6) is -3.23. The van der Waals surface area contributed by atoms with Crippen molar-refractivity contribution in [3.63, 3.8) is 0 Å². The van der Waals surface area contributed by atoms with E-state index in [9.17, 15) is 17.2 Å². The molecule has 1 heterocycles. The number of nitrogens with zero attached hydrogens (tertiary/aromatic N) is 2. The molecule has 0 aliphatic rings. The average Bonchev–Trinajstić information content (AvgIpc) is 3.00. The first kappa shape index (κ1) is 18.3. The zero-order valence-corrected chi connectivity index (χ0v) is 15.1. The van der Waals surface area contributed by atoms with Gasteiger partial charge in [-0.1, -0.05) is 41.9 Å². The number of hydrogen-bond donors (Lipinski definition) is 1. The summed E-state index contributed by atoms with van der Waals surface area (Å²) >= 11 is 5.85. The van der Waals surface area contributed by atoms with Gasteiger partial charge in [0.25, 0.3) is 15.9 Å². The number of nitrogens with one attached hydrogen (secondary N) is 1. The molecule has 0 unspecified atom stereocenters. The Kier molecular flexibility index (Phi) is 4.72. The van der Waals surface area contributed by atoms with Crippen LogP contribution < -0.4 is 4.83 Å². The molecule has 0 aliphatic carbocycles. The van der Waals surface area contributed by atoms with Gasteiger partial charge in [0, 0.05) is 17.5 Å². The molecule has 9 heteroatoms. The van der Waals surface area contributed by atoms with Gasteiger partial charge in [0.1, 0.15) is 5.69 Å². The third kappa shape index (κ3) is 3.86. The largest absolute Gasteiger partial charge is 0.288 e. The minimum absolute atomic E-state index is 0.0117. The molecule has 26 heavy (non-hydrogen) atoms. The maximum atomic E-state index is 13.7. The van der Waals surface area contributed by atoms with E-state index in [0.29, 0.717) is 17.5 Å². The van der Waals surface area contributed by atoms with Crippen molar-refractivity contribution in [3.8, 4) is 11.3 Å². The van der Waals surface area contributed by atoms with E-state index < -0.39 is 21.6 Å². The van der Waals surface area contributed by atoms with Crippen LogP contribution in [0.15, 0.2) is 65.6 Å². The standard InChI is InChI=1S/C17H14ClF2N3O2S/c1-17(19,20)16-11-15(12-7-9-13(18)10-8-12)23(21-16)22-26(24,25)14-5-3-2-4-6-14/h2-11,22H,1H3. The van der Waals surface area contributed by atoms with Crippen LogP contribution in [0.2, 0.25) is 5.02 Å². The Bertz CT molecular complexity index is 1010. The van der Waals surface area contributed by atoms with Crippen LogP contribution in [0.1, 0.15) is 12.6 Å². The number of halogens is 3. The number of alkyl halides is 2. The van der Waals surface area contributed by atoms with Crippen LogP contribution in [0.25, 0.3) is 11.3 Å². The lowest BCUT2D eigenvalue weighted by Crippen LogP contribution is -2.25. The van der Waals surface area contributed by atoms with E-state index in [4.69, 9.17) is 11.6 Å². The second-order valence-corrected chi connectivity index (χ2v) is 7.73. The highest BCUT2D eigenvalue weighted by Crippen LogP contribution is 2.30. The Morgan fingerprint density at radius 3 is 2.27 bits per heavy atom. The molecule has 3 rings (SSSR count). The van der Waals surface area contributed by atoms with Crippen LogP contribution in [-0.2, 0) is 15.9 Å². The summed E-state index contributed by atoms with van der Waals surface area (Å²) in [4.78, 5) is 3.04. The van der Waals surface area contributed by atoms with Gasteiger partial charge < -0.3 is 0 Å². The van der Waals surface area contributed by atoms with E-state index in [1.807, 2.05) is 0 Å². The van der Waals surface area contributed by atoms with Gasteiger partial charge in [0.15, 0.2) is 0 Å². The Hall–Kier alpha value is -2.45. The monoisotopic (exact) mass is 397 g/mol. The molecule has 5 nitrogen and oxygen atoms in total. The van der Waals surface area contributed by atoms with Gasteiger partial charge >= 0.3 is 0 Å². The molecule has 136 valence electrons. The number of hydrogen-bond acceptors (Lipinski definition) is 3. The molecular formula is C17H14ClF2N3O2S. The van der Waals surface area contributed by atoms with Crippen molar-refractivity contribution in [1.29, 1.82) is 0 Å². The average molecular weight is 398 g/mol. The van der Waals surface area contributed by atoms with Gasteiger partial charge in [0.05, 0.1) is 10.6 Å². The molecule has 2 aromatic carbocycles. The van der Waals surface area contributed by atoms with Gasteiger partial charge in [0.2, 0.25) is 0 Å². The van der Waals surface area contributed by atoms with Crippen molar-refractivity contribution >= 4 is 21.6 Å². The molecule has 0 aliphatic heterocycles. The highest BCUT2D eigenvalue weighted by molar-refractivity contribution is 7.92. The van der Waals surface area contributed by atoms with Gasteiger partial charge in [-0.25, -0.2) is 0 Å². The van der Waals surface area contributed by atoms with E-state index in [1.165, 1.54) is 12.1 Å². The topological polar surface area (TPSA) is 64.0 Å². The molecule has 0 amide bonds. The van der Waals surface area contributed by atoms with Crippen LogP contribution in [0.5, 0.6) is 0 Å². The lowest BCUT2D eigenvalue weighted by atomic mass is 10.1. The van der Waals surface area contributed by atoms with Crippen molar-refractivity contribution < 1.29 is 17.2 Å². The Balaban J connectivity index is 2.08. The molecule has 0 radical (unpaired) electrons. The summed E-state index contributed by atoms with van der Waals surface area (Å²) in [6.07, 6.45) is 0. The fraction of sp³-hybridized carbons (Fsp3) is 0.118. The van der Waals surface area contributed by atoms with Crippen molar-refractivity contribution in [2.75, 3.05) is 4.83 Å². The zero-order valence-electron chi connectivity index (χ0n) is 13.5. The molecule has 0 spiro atoms. The predicted molar refractivity (Wildman–Crippen MR) is 95.2 cm³/mol. The minimum Gasteiger partial charge on any atom is -0.200 e. The molecule has 0 fully saturated rings. The fourth-order valence-electron chi connectivity index (χ4n) is 2.26. The summed E-state index contributed by atoms with van der Waals surface area (Å²) < 4.78 is 52.5. The number of sulfonamides is 1. The van der Waals surface area contributed by atoms with E-state index in [-0.39, 0.29) is 10.6 Å². The fourth-order valence-corrected chi connectivity index (χ4v) is 3.37. The highest BCUT2D eigenvalue weighted by atomic mass is 35.5. The second-order valence-electron chi connectivity index (χ2n) is 5.63. The Morgan fingerprint density at radius 2 is 1.69 bits per heavy atom. The normalized spacial score (nSPS) is 12.2. The number of rotatable bonds is 5. The molecule has 0 atom stereocenters. The number of benzene rings is 2. The van der Waals surface area contributed by atoms with Gasteiger partial charge in [-0.05, 0) is 30.3 Å². The first-order valence-corrected chi connectivity index (χ1v) is 9.35. The Labute approximate surface area is 154 Å². The van der Waals surface area contributed by atoms with E-state index in [2.05, 4.69) is 9.93 Å². The van der Waals surface area contributed by atoms with E-state index in [1.54, 1.807) is 42.5 Å². The van der Waals surface area contributed by atoms with Crippen molar-refractivity contribution in [3.05, 3.63) is 71.4 Å². The predicted octanol–water partition coefficient (Wildman–Crippen LogP) is 4.25. The van der Waals surface area contributed by atoms with Gasteiger partial charge in [-0.3, -0.25) is 0 Å². The van der Waals surface area contributed by atoms with Crippen LogP contribution in [-0.4, -0.2) is 18.3 Å². The van der Waals surface area contributed by atoms with Gasteiger partial charge in [-0.2, -0.15) is 26.8 Å². The molecule has 1 N–H and O–H groups in total. The summed E-state index contributed by atoms with van der Waals surface area (Å²) in [5.41, 5.74) is 0.0871. The maximum Gasteiger partial charge on any atom is 0.288 e. The third-order valence-electron chi connectivity index (χ3n) is 3.56. The summed E-state index contributed by atoms with van der Waals surface area (Å²) in [7, 11) is -4.00. The summed E-state index contributed by atoms with van der Waals surface area (Å²) in [6, 6.07) is 15.0. The molecule has 0 saturated carbocycles. The van der Waals surface area contributed by atoms with E-state index >= 15 is 0 Å². The van der Waals surface area contributed by atoms with Crippen molar-refractivity contribution in [1.82, 2.24) is 9.89 Å². The third-order valence-corrected chi connectivity index (χ3v) is 5.12. The van der Waals surface area contributed by atoms with Crippen LogP contribution >= 0.6 is 11.6 Å². The SMILES string of the molecule is CC(F)(F)c1cc(-c2ccc(Cl)cc2)n(NS(=O)(=O)c2ccccc2)n1. The Morgan fingerprint density at radius 1 is 1.08 bits per heavy atom. The van der Waals surface area contributed by atoms with Gasteiger partial charge in [-0.15, -0.1) is 5.10 Å². The van der Waals surface area contributed by atoms with Crippen LogP contribution in [0.3, 0.4) is 0 Å². The molecule has 3 aromatic rings. The lowest BCUT2D eigenvalue weighted by Gasteiger charge is -2.11. The van der Waals surface area contributed by atoms with E-state index in [0.717, 1.165) is 10.9 Å². The summed E-state index contributed by atoms with van der Waals surface area (Å²) in [6.45, 7) is 0.691. The molecular weight excluding hydrogens is 384 g/mol.